The van der Waals surface area contributed by atoms with E-state index in [1.807, 2.05) is 0 Å². The van der Waals surface area contributed by atoms with Gasteiger partial charge in [-0.3, -0.25) is 4.79 Å². The zero-order valence-electron chi connectivity index (χ0n) is 14.3. The number of carbonyl (C=O) groups is 1. The molecule has 9 heteroatoms. The van der Waals surface area contributed by atoms with E-state index in [-0.39, 0.29) is 17.2 Å². The van der Waals surface area contributed by atoms with Crippen LogP contribution in [0.4, 0.5) is 0 Å². The minimum Gasteiger partial charge on any atom is -0.497 e. The zero-order chi connectivity index (χ0) is 18.1. The second-order valence-electron chi connectivity index (χ2n) is 6.12. The predicted octanol–water partition coefficient (Wildman–Crippen LogP) is 0.910. The second kappa shape index (κ2) is 6.58. The topological polar surface area (TPSA) is 94.6 Å². The van der Waals surface area contributed by atoms with Crippen molar-refractivity contribution in [3.8, 4) is 11.4 Å². The molecular weight excluding hydrogens is 336 g/mol. The minimum absolute atomic E-state index is 0.165. The van der Waals surface area contributed by atoms with E-state index < -0.39 is 5.69 Å². The monoisotopic (exact) mass is 354 g/mol. The lowest BCUT2D eigenvalue weighted by Gasteiger charge is -2.25. The summed E-state index contributed by atoms with van der Waals surface area (Å²) in [6, 6.07) is 6.87. The summed E-state index contributed by atoms with van der Waals surface area (Å²) in [5.74, 6) is 0.468. The first-order valence-electron chi connectivity index (χ1n) is 8.46. The lowest BCUT2D eigenvalue weighted by atomic mass is 10.1. The molecule has 0 saturated carbocycles. The van der Waals surface area contributed by atoms with Crippen LogP contribution in [0.1, 0.15) is 29.8 Å². The number of ether oxygens (including phenoxy) is 1. The number of imidazole rings is 1. The number of fused-ring (bicyclic) bond motifs is 1. The van der Waals surface area contributed by atoms with Crippen molar-refractivity contribution < 1.29 is 9.53 Å². The molecule has 1 fully saturated rings. The van der Waals surface area contributed by atoms with Gasteiger partial charge in [-0.05, 0) is 43.5 Å². The molecule has 1 amide bonds. The Balaban J connectivity index is 1.73. The van der Waals surface area contributed by atoms with E-state index in [0.717, 1.165) is 23.9 Å². The molecule has 0 N–H and O–H groups in total. The van der Waals surface area contributed by atoms with E-state index >= 15 is 0 Å². The molecule has 3 aromatic rings. The summed E-state index contributed by atoms with van der Waals surface area (Å²) in [4.78, 5) is 31.3. The predicted molar refractivity (Wildman–Crippen MR) is 92.7 cm³/mol. The van der Waals surface area contributed by atoms with Gasteiger partial charge in [-0.25, -0.2) is 14.2 Å². The summed E-state index contributed by atoms with van der Waals surface area (Å²) in [6.07, 6.45) is 4.41. The molecule has 3 heterocycles. The Labute approximate surface area is 148 Å². The van der Waals surface area contributed by atoms with Crippen molar-refractivity contribution in [1.29, 1.82) is 0 Å². The van der Waals surface area contributed by atoms with Gasteiger partial charge in [-0.15, -0.1) is 5.10 Å². The van der Waals surface area contributed by atoms with Crippen LogP contribution < -0.4 is 10.4 Å². The molecule has 2 aromatic heterocycles. The van der Waals surface area contributed by atoms with Gasteiger partial charge in [0.1, 0.15) is 12.1 Å². The van der Waals surface area contributed by atoms with E-state index in [9.17, 15) is 9.59 Å². The number of rotatable bonds is 3. The number of benzene rings is 1. The number of aromatic nitrogens is 5. The molecule has 1 saturated heterocycles. The summed E-state index contributed by atoms with van der Waals surface area (Å²) < 4.78 is 7.51. The van der Waals surface area contributed by atoms with E-state index in [1.165, 1.54) is 10.7 Å². The smallest absolute Gasteiger partial charge is 0.357 e. The molecule has 0 bridgehead atoms. The van der Waals surface area contributed by atoms with Gasteiger partial charge in [0.25, 0.3) is 5.91 Å². The highest BCUT2D eigenvalue weighted by atomic mass is 16.5. The van der Waals surface area contributed by atoms with Crippen molar-refractivity contribution in [1.82, 2.24) is 29.3 Å². The number of likely N-dealkylation sites (tertiary alicyclic amines) is 1. The number of nitrogens with zero attached hydrogens (tertiary/aromatic N) is 6. The molecule has 1 aromatic carbocycles. The van der Waals surface area contributed by atoms with Crippen molar-refractivity contribution >= 4 is 11.6 Å². The third kappa shape index (κ3) is 2.71. The lowest BCUT2D eigenvalue weighted by molar-refractivity contribution is 0.0720. The molecule has 0 atom stereocenters. The Morgan fingerprint density at radius 3 is 2.54 bits per heavy atom. The van der Waals surface area contributed by atoms with Crippen LogP contribution in [0, 0.1) is 0 Å². The molecule has 9 nitrogen and oxygen atoms in total. The van der Waals surface area contributed by atoms with Gasteiger partial charge in [0, 0.05) is 13.1 Å². The zero-order valence-corrected chi connectivity index (χ0v) is 14.3. The summed E-state index contributed by atoms with van der Waals surface area (Å²) in [7, 11) is 1.57. The van der Waals surface area contributed by atoms with Gasteiger partial charge in [0.2, 0.25) is 0 Å². The summed E-state index contributed by atoms with van der Waals surface area (Å²) in [5, 5.41) is 8.05. The summed E-state index contributed by atoms with van der Waals surface area (Å²) in [5.41, 5.74) is 0.446. The van der Waals surface area contributed by atoms with Gasteiger partial charge in [0.15, 0.2) is 11.3 Å². The third-order valence-corrected chi connectivity index (χ3v) is 4.52. The van der Waals surface area contributed by atoms with Crippen LogP contribution in [0.25, 0.3) is 11.3 Å². The van der Waals surface area contributed by atoms with Crippen LogP contribution in [0.15, 0.2) is 35.4 Å². The molecule has 134 valence electrons. The van der Waals surface area contributed by atoms with Crippen LogP contribution in [-0.2, 0) is 0 Å². The minimum atomic E-state index is -0.439. The Kier molecular flexibility index (Phi) is 4.11. The van der Waals surface area contributed by atoms with Gasteiger partial charge < -0.3 is 9.64 Å². The number of piperidine rings is 1. The lowest BCUT2D eigenvalue weighted by Crippen LogP contribution is -2.36. The molecule has 0 unspecified atom stereocenters. The first kappa shape index (κ1) is 16.2. The van der Waals surface area contributed by atoms with E-state index in [4.69, 9.17) is 4.74 Å². The van der Waals surface area contributed by atoms with Gasteiger partial charge in [-0.2, -0.15) is 4.68 Å². The fourth-order valence-electron chi connectivity index (χ4n) is 3.09. The fourth-order valence-corrected chi connectivity index (χ4v) is 3.09. The highest BCUT2D eigenvalue weighted by Gasteiger charge is 2.24. The third-order valence-electron chi connectivity index (χ3n) is 4.52. The maximum Gasteiger partial charge on any atom is 0.357 e. The van der Waals surface area contributed by atoms with Crippen LogP contribution in [0.2, 0.25) is 0 Å². The van der Waals surface area contributed by atoms with E-state index in [0.29, 0.717) is 24.5 Å². The molecule has 0 spiro atoms. The number of hydrogen-bond acceptors (Lipinski definition) is 6. The van der Waals surface area contributed by atoms with Crippen molar-refractivity contribution in [2.45, 2.75) is 19.3 Å². The second-order valence-corrected chi connectivity index (χ2v) is 6.12. The molecule has 4 rings (SSSR count). The highest BCUT2D eigenvalue weighted by Crippen LogP contribution is 2.15. The SMILES string of the molecule is COc1ccc(-n2nnc3c(C(=O)N4CCCCC4)ncn3c2=O)cc1. The van der Waals surface area contributed by atoms with Crippen molar-refractivity contribution in [3.05, 3.63) is 46.8 Å². The molecule has 1 aliphatic heterocycles. The van der Waals surface area contributed by atoms with Crippen molar-refractivity contribution in [2.24, 2.45) is 0 Å². The average Bonchev–Trinajstić information content (AvgIpc) is 3.13. The average molecular weight is 354 g/mol. The van der Waals surface area contributed by atoms with Crippen LogP contribution in [0.5, 0.6) is 5.75 Å². The highest BCUT2D eigenvalue weighted by molar-refractivity contribution is 5.97. The van der Waals surface area contributed by atoms with Gasteiger partial charge in [-0.1, -0.05) is 5.21 Å². The van der Waals surface area contributed by atoms with Crippen molar-refractivity contribution in [3.63, 3.8) is 0 Å². The Morgan fingerprint density at radius 1 is 1.12 bits per heavy atom. The Morgan fingerprint density at radius 2 is 1.85 bits per heavy atom. The van der Waals surface area contributed by atoms with Gasteiger partial charge >= 0.3 is 5.69 Å². The summed E-state index contributed by atoms with van der Waals surface area (Å²) in [6.45, 7) is 1.41. The fraction of sp³-hybridized carbons (Fsp3) is 0.353. The van der Waals surface area contributed by atoms with Crippen LogP contribution >= 0.6 is 0 Å². The van der Waals surface area contributed by atoms with E-state index in [2.05, 4.69) is 15.3 Å². The maximum atomic E-state index is 12.7. The molecule has 1 aliphatic rings. The first-order valence-corrected chi connectivity index (χ1v) is 8.46. The maximum absolute atomic E-state index is 12.7. The molecule has 26 heavy (non-hydrogen) atoms. The van der Waals surface area contributed by atoms with Crippen LogP contribution in [-0.4, -0.2) is 55.4 Å². The number of methoxy groups -OCH3 is 1. The van der Waals surface area contributed by atoms with Crippen molar-refractivity contribution in [2.75, 3.05) is 20.2 Å². The standard InChI is InChI=1S/C17H18N6O3/c1-26-13-7-5-12(6-8-13)23-17(25)22-11-18-14(15(22)19-20-23)16(24)21-9-3-2-4-10-21/h5-8,11H,2-4,9-10H2,1H3. The molecule has 0 aliphatic carbocycles. The van der Waals surface area contributed by atoms with Crippen LogP contribution in [0.3, 0.4) is 0 Å². The number of carbonyl (C=O) groups excluding carboxylic acids is 1. The first-order chi connectivity index (χ1) is 12.7. The summed E-state index contributed by atoms with van der Waals surface area (Å²) >= 11 is 0. The number of amides is 1. The quantitative estimate of drug-likeness (QED) is 0.694. The van der Waals surface area contributed by atoms with Gasteiger partial charge in [0.05, 0.1) is 12.8 Å². The molecular formula is C17H18N6O3. The normalized spacial score (nSPS) is 14.6. The van der Waals surface area contributed by atoms with E-state index in [1.54, 1.807) is 36.3 Å². The largest absolute Gasteiger partial charge is 0.497 e. The number of hydrogen-bond donors (Lipinski definition) is 0. The Hall–Kier alpha value is -3.23. The molecule has 0 radical (unpaired) electrons. The Bertz CT molecular complexity index is 1000.